The maximum absolute atomic E-state index is 10.7. The lowest BCUT2D eigenvalue weighted by Crippen LogP contribution is -2.37. The van der Waals surface area contributed by atoms with Crippen molar-refractivity contribution >= 4 is 11.5 Å². The van der Waals surface area contributed by atoms with Crippen LogP contribution in [0.3, 0.4) is 0 Å². The largest absolute Gasteiger partial charge is 0.364 e. The number of rotatable bonds is 3. The van der Waals surface area contributed by atoms with Crippen LogP contribution in [0.1, 0.15) is 19.0 Å². The van der Waals surface area contributed by atoms with Crippen LogP contribution >= 0.6 is 0 Å². The second-order valence-corrected chi connectivity index (χ2v) is 4.55. The van der Waals surface area contributed by atoms with Crippen LogP contribution < -0.4 is 10.6 Å². The summed E-state index contributed by atoms with van der Waals surface area (Å²) in [5.74, 6) is 0.489. The number of nitrogens with zero attached hydrogens (tertiary/aromatic N) is 3. The summed E-state index contributed by atoms with van der Waals surface area (Å²) in [7, 11) is 0. The first-order valence-corrected chi connectivity index (χ1v) is 5.58. The first kappa shape index (κ1) is 12.3. The van der Waals surface area contributed by atoms with Crippen LogP contribution in [-0.2, 0) is 0 Å². The van der Waals surface area contributed by atoms with E-state index in [1.54, 1.807) is 6.07 Å². The third-order valence-corrected chi connectivity index (χ3v) is 2.98. The summed E-state index contributed by atoms with van der Waals surface area (Å²) in [6, 6.07) is 4.58. The van der Waals surface area contributed by atoms with Crippen LogP contribution in [0.2, 0.25) is 0 Å². The van der Waals surface area contributed by atoms with Crippen molar-refractivity contribution in [2.24, 2.45) is 0 Å². The van der Waals surface area contributed by atoms with Gasteiger partial charge in [-0.1, -0.05) is 0 Å². The van der Waals surface area contributed by atoms with E-state index >= 15 is 0 Å². The Morgan fingerprint density at radius 3 is 3.00 bits per heavy atom. The predicted octanol–water partition coefficient (Wildman–Crippen LogP) is 1.03. The summed E-state index contributed by atoms with van der Waals surface area (Å²) in [6.45, 7) is 3.76. The van der Waals surface area contributed by atoms with Crippen LogP contribution in [0.4, 0.5) is 11.5 Å². The minimum absolute atomic E-state index is 0.129. The van der Waals surface area contributed by atoms with E-state index in [9.17, 15) is 10.1 Å². The smallest absolute Gasteiger partial charge is 0.305 e. The molecule has 1 saturated heterocycles. The lowest BCUT2D eigenvalue weighted by Gasteiger charge is -2.25. The normalized spacial score (nSPS) is 22.4. The topological polar surface area (TPSA) is 104 Å². The number of hydrogen-bond donors (Lipinski definition) is 2. The standard InChI is InChI=1S/C11H13N5O2/c1-11(4-5-13-7-11)15-10-3-2-9(16(17)18)8(6-12)14-10/h2-3,13H,4-5,7H2,1H3,(H,14,15). The van der Waals surface area contributed by atoms with E-state index in [2.05, 4.69) is 15.6 Å². The second-order valence-electron chi connectivity index (χ2n) is 4.55. The molecule has 1 aromatic rings. The molecule has 2 N–H and O–H groups in total. The summed E-state index contributed by atoms with van der Waals surface area (Å²) in [4.78, 5) is 14.1. The maximum Gasteiger partial charge on any atom is 0.305 e. The average Bonchev–Trinajstić information content (AvgIpc) is 2.75. The van der Waals surface area contributed by atoms with Crippen LogP contribution in [0.5, 0.6) is 0 Å². The molecule has 0 aromatic carbocycles. The Labute approximate surface area is 104 Å². The van der Waals surface area contributed by atoms with Gasteiger partial charge in [0, 0.05) is 18.2 Å². The molecule has 94 valence electrons. The lowest BCUT2D eigenvalue weighted by molar-refractivity contribution is -0.385. The number of nitro groups is 1. The molecule has 0 amide bonds. The molecule has 1 aliphatic rings. The van der Waals surface area contributed by atoms with Crippen LogP contribution in [0, 0.1) is 21.4 Å². The summed E-state index contributed by atoms with van der Waals surface area (Å²) in [5, 5.41) is 26.0. The van der Waals surface area contributed by atoms with E-state index in [1.807, 2.05) is 6.92 Å². The molecular weight excluding hydrogens is 234 g/mol. The quantitative estimate of drug-likeness (QED) is 0.610. The van der Waals surface area contributed by atoms with Crippen molar-refractivity contribution in [2.45, 2.75) is 18.9 Å². The molecule has 0 bridgehead atoms. The molecular formula is C11H13N5O2. The van der Waals surface area contributed by atoms with Crippen LogP contribution in [0.25, 0.3) is 0 Å². The molecule has 7 heteroatoms. The molecule has 1 fully saturated rings. The van der Waals surface area contributed by atoms with Gasteiger partial charge in [0.25, 0.3) is 0 Å². The SMILES string of the molecule is CC1(Nc2ccc([N+](=O)[O-])c(C#N)n2)CCNC1. The lowest BCUT2D eigenvalue weighted by atomic mass is 10.0. The molecule has 1 unspecified atom stereocenters. The summed E-state index contributed by atoms with van der Waals surface area (Å²) in [5.41, 5.74) is -0.562. The zero-order valence-electron chi connectivity index (χ0n) is 9.93. The van der Waals surface area contributed by atoms with Gasteiger partial charge in [-0.3, -0.25) is 10.1 Å². The van der Waals surface area contributed by atoms with Gasteiger partial charge in [0.05, 0.1) is 4.92 Å². The third-order valence-electron chi connectivity index (χ3n) is 2.98. The van der Waals surface area contributed by atoms with E-state index in [-0.39, 0.29) is 16.9 Å². The van der Waals surface area contributed by atoms with Crippen molar-refractivity contribution < 1.29 is 4.92 Å². The van der Waals surface area contributed by atoms with E-state index < -0.39 is 4.92 Å². The molecule has 1 atom stereocenters. The van der Waals surface area contributed by atoms with Gasteiger partial charge in [0.1, 0.15) is 11.9 Å². The molecule has 18 heavy (non-hydrogen) atoms. The fourth-order valence-electron chi connectivity index (χ4n) is 1.98. The average molecular weight is 247 g/mol. The highest BCUT2D eigenvalue weighted by atomic mass is 16.6. The molecule has 2 rings (SSSR count). The minimum atomic E-state index is -0.603. The number of anilines is 1. The number of nitrogens with one attached hydrogen (secondary N) is 2. The van der Waals surface area contributed by atoms with Gasteiger partial charge in [0.15, 0.2) is 0 Å². The predicted molar refractivity (Wildman–Crippen MR) is 65.1 cm³/mol. The fraction of sp³-hybridized carbons (Fsp3) is 0.455. The van der Waals surface area contributed by atoms with Gasteiger partial charge in [0.2, 0.25) is 5.69 Å². The monoisotopic (exact) mass is 247 g/mol. The van der Waals surface area contributed by atoms with Crippen LogP contribution in [0.15, 0.2) is 12.1 Å². The van der Waals surface area contributed by atoms with Gasteiger partial charge in [-0.2, -0.15) is 5.26 Å². The maximum atomic E-state index is 10.7. The van der Waals surface area contributed by atoms with Gasteiger partial charge in [-0.05, 0) is 26.0 Å². The van der Waals surface area contributed by atoms with Crippen molar-refractivity contribution in [3.8, 4) is 6.07 Å². The number of pyridine rings is 1. The molecule has 0 saturated carbocycles. The zero-order chi connectivity index (χ0) is 13.2. The third kappa shape index (κ3) is 2.38. The highest BCUT2D eigenvalue weighted by Gasteiger charge is 2.29. The van der Waals surface area contributed by atoms with E-state index in [0.29, 0.717) is 5.82 Å². The van der Waals surface area contributed by atoms with E-state index in [0.717, 1.165) is 19.5 Å². The number of nitriles is 1. The molecule has 1 aromatic heterocycles. The van der Waals surface area contributed by atoms with Gasteiger partial charge >= 0.3 is 5.69 Å². The fourth-order valence-corrected chi connectivity index (χ4v) is 1.98. The summed E-state index contributed by atoms with van der Waals surface area (Å²) in [6.07, 6.45) is 0.938. The van der Waals surface area contributed by atoms with Gasteiger partial charge in [-0.15, -0.1) is 0 Å². The Bertz CT molecular complexity index is 517. The van der Waals surface area contributed by atoms with E-state index in [1.165, 1.54) is 12.1 Å². The molecule has 7 nitrogen and oxygen atoms in total. The van der Waals surface area contributed by atoms with Crippen molar-refractivity contribution in [2.75, 3.05) is 18.4 Å². The molecule has 2 heterocycles. The number of aromatic nitrogens is 1. The number of hydrogen-bond acceptors (Lipinski definition) is 6. The molecule has 0 aliphatic carbocycles. The van der Waals surface area contributed by atoms with Crippen molar-refractivity contribution in [1.29, 1.82) is 5.26 Å². The Hall–Kier alpha value is -2.20. The van der Waals surface area contributed by atoms with Gasteiger partial charge < -0.3 is 10.6 Å². The van der Waals surface area contributed by atoms with Crippen LogP contribution in [-0.4, -0.2) is 28.5 Å². The molecule has 0 spiro atoms. The highest BCUT2D eigenvalue weighted by molar-refractivity contribution is 5.51. The van der Waals surface area contributed by atoms with Crippen molar-refractivity contribution in [3.63, 3.8) is 0 Å². The second kappa shape index (κ2) is 4.58. The Morgan fingerprint density at radius 1 is 1.67 bits per heavy atom. The molecule has 0 radical (unpaired) electrons. The molecule has 1 aliphatic heterocycles. The first-order valence-electron chi connectivity index (χ1n) is 5.58. The van der Waals surface area contributed by atoms with E-state index in [4.69, 9.17) is 5.26 Å². The zero-order valence-corrected chi connectivity index (χ0v) is 9.93. The highest BCUT2D eigenvalue weighted by Crippen LogP contribution is 2.23. The summed E-state index contributed by atoms with van der Waals surface area (Å²) >= 11 is 0. The van der Waals surface area contributed by atoms with Crippen molar-refractivity contribution in [3.05, 3.63) is 27.9 Å². The van der Waals surface area contributed by atoms with Gasteiger partial charge in [-0.25, -0.2) is 4.98 Å². The Morgan fingerprint density at radius 2 is 2.44 bits per heavy atom. The Balaban J connectivity index is 2.25. The first-order chi connectivity index (χ1) is 8.54. The minimum Gasteiger partial charge on any atom is -0.364 e. The summed E-state index contributed by atoms with van der Waals surface area (Å²) < 4.78 is 0. The van der Waals surface area contributed by atoms with Crippen molar-refractivity contribution in [1.82, 2.24) is 10.3 Å². The Kier molecular flexibility index (Phi) is 3.12.